The van der Waals surface area contributed by atoms with E-state index in [4.69, 9.17) is 10.00 Å². The number of imidazole rings is 1. The fraction of sp³-hybridized carbons (Fsp3) is 0.0588. The van der Waals surface area contributed by atoms with Gasteiger partial charge in [-0.2, -0.15) is 5.26 Å². The van der Waals surface area contributed by atoms with E-state index >= 15 is 0 Å². The summed E-state index contributed by atoms with van der Waals surface area (Å²) in [5.41, 5.74) is 3.69. The zero-order valence-corrected chi connectivity index (χ0v) is 12.6. The first kappa shape index (κ1) is 12.9. The highest BCUT2D eigenvalue weighted by Crippen LogP contribution is 2.31. The first-order valence-electron chi connectivity index (χ1n) is 6.74. The van der Waals surface area contributed by atoms with E-state index in [1.165, 1.54) is 0 Å². The van der Waals surface area contributed by atoms with E-state index in [1.54, 1.807) is 18.4 Å². The lowest BCUT2D eigenvalue weighted by Gasteiger charge is -1.98. The van der Waals surface area contributed by atoms with Gasteiger partial charge in [-0.25, -0.2) is 4.98 Å². The molecule has 106 valence electrons. The molecular weight excluding hydrogens is 294 g/mol. The van der Waals surface area contributed by atoms with Crippen LogP contribution in [0.3, 0.4) is 0 Å². The Hall–Kier alpha value is -2.84. The summed E-state index contributed by atoms with van der Waals surface area (Å²) >= 11 is 1.63. The standard InChI is InChI=1S/C17H11N3OS/c1-21-13-6-7-15-16(8-13)22-17-19-14(10-20(15)17)12-4-2-11(9-18)3-5-12/h2-8,10H,1H3. The van der Waals surface area contributed by atoms with Crippen molar-refractivity contribution >= 4 is 26.5 Å². The Morgan fingerprint density at radius 1 is 1.18 bits per heavy atom. The van der Waals surface area contributed by atoms with Crippen LogP contribution in [-0.4, -0.2) is 16.5 Å². The topological polar surface area (TPSA) is 50.3 Å². The number of aromatic nitrogens is 2. The minimum Gasteiger partial charge on any atom is -0.497 e. The van der Waals surface area contributed by atoms with Crippen LogP contribution >= 0.6 is 11.3 Å². The number of nitriles is 1. The second-order valence-corrected chi connectivity index (χ2v) is 5.91. The predicted octanol–water partition coefficient (Wildman–Crippen LogP) is 4.10. The second kappa shape index (κ2) is 4.86. The van der Waals surface area contributed by atoms with Crippen LogP contribution in [0.5, 0.6) is 5.75 Å². The lowest BCUT2D eigenvalue weighted by Crippen LogP contribution is -1.82. The number of fused-ring (bicyclic) bond motifs is 3. The van der Waals surface area contributed by atoms with Crippen molar-refractivity contribution in [2.45, 2.75) is 0 Å². The van der Waals surface area contributed by atoms with Crippen LogP contribution in [0.4, 0.5) is 0 Å². The summed E-state index contributed by atoms with van der Waals surface area (Å²) in [6.45, 7) is 0. The number of thiazole rings is 1. The van der Waals surface area contributed by atoms with Gasteiger partial charge in [0.1, 0.15) is 5.75 Å². The number of hydrogen-bond acceptors (Lipinski definition) is 4. The lowest BCUT2D eigenvalue weighted by molar-refractivity contribution is 0.415. The normalized spacial score (nSPS) is 10.9. The minimum atomic E-state index is 0.655. The fourth-order valence-corrected chi connectivity index (χ4v) is 3.50. The first-order chi connectivity index (χ1) is 10.8. The van der Waals surface area contributed by atoms with Crippen LogP contribution in [0.15, 0.2) is 48.7 Å². The third-order valence-corrected chi connectivity index (χ3v) is 4.63. The van der Waals surface area contributed by atoms with Gasteiger partial charge in [0.15, 0.2) is 4.96 Å². The molecule has 22 heavy (non-hydrogen) atoms. The van der Waals surface area contributed by atoms with E-state index in [0.717, 1.165) is 32.2 Å². The van der Waals surface area contributed by atoms with Gasteiger partial charge in [-0.1, -0.05) is 23.5 Å². The van der Waals surface area contributed by atoms with Gasteiger partial charge < -0.3 is 4.74 Å². The molecule has 0 saturated carbocycles. The van der Waals surface area contributed by atoms with Crippen molar-refractivity contribution in [3.63, 3.8) is 0 Å². The average Bonchev–Trinajstić information content (AvgIpc) is 3.11. The van der Waals surface area contributed by atoms with Crippen molar-refractivity contribution in [1.82, 2.24) is 9.38 Å². The molecule has 0 spiro atoms. The molecule has 0 aliphatic carbocycles. The summed E-state index contributed by atoms with van der Waals surface area (Å²) in [6, 6.07) is 15.6. The van der Waals surface area contributed by atoms with E-state index in [9.17, 15) is 0 Å². The van der Waals surface area contributed by atoms with Crippen LogP contribution in [0.2, 0.25) is 0 Å². The Bertz CT molecular complexity index is 1020. The van der Waals surface area contributed by atoms with Crippen molar-refractivity contribution < 1.29 is 4.74 Å². The smallest absolute Gasteiger partial charge is 0.195 e. The Labute approximate surface area is 130 Å². The number of hydrogen-bond donors (Lipinski definition) is 0. The third-order valence-electron chi connectivity index (χ3n) is 3.61. The van der Waals surface area contributed by atoms with E-state index in [0.29, 0.717) is 5.56 Å². The first-order valence-corrected chi connectivity index (χ1v) is 7.56. The van der Waals surface area contributed by atoms with Crippen LogP contribution < -0.4 is 4.74 Å². The number of benzene rings is 2. The van der Waals surface area contributed by atoms with E-state index < -0.39 is 0 Å². The predicted molar refractivity (Wildman–Crippen MR) is 87.3 cm³/mol. The molecule has 0 amide bonds. The summed E-state index contributed by atoms with van der Waals surface area (Å²) in [6.07, 6.45) is 2.03. The minimum absolute atomic E-state index is 0.655. The van der Waals surface area contributed by atoms with Crippen molar-refractivity contribution in [2.75, 3.05) is 7.11 Å². The van der Waals surface area contributed by atoms with Gasteiger partial charge in [0.2, 0.25) is 0 Å². The number of nitrogens with zero attached hydrogens (tertiary/aromatic N) is 3. The molecular formula is C17H11N3OS. The Morgan fingerprint density at radius 3 is 2.73 bits per heavy atom. The van der Waals surface area contributed by atoms with Gasteiger partial charge in [-0.15, -0.1) is 0 Å². The van der Waals surface area contributed by atoms with Crippen LogP contribution in [0.1, 0.15) is 5.56 Å². The number of ether oxygens (including phenoxy) is 1. The second-order valence-electron chi connectivity index (χ2n) is 4.90. The summed E-state index contributed by atoms with van der Waals surface area (Å²) in [7, 11) is 1.67. The summed E-state index contributed by atoms with van der Waals surface area (Å²) in [5, 5.41) is 8.86. The molecule has 5 heteroatoms. The molecule has 0 aliphatic rings. The zero-order valence-electron chi connectivity index (χ0n) is 11.8. The van der Waals surface area contributed by atoms with Crippen molar-refractivity contribution in [3.05, 3.63) is 54.2 Å². The van der Waals surface area contributed by atoms with E-state index in [2.05, 4.69) is 15.5 Å². The molecule has 2 heterocycles. The van der Waals surface area contributed by atoms with Gasteiger partial charge in [-0.3, -0.25) is 4.40 Å². The molecule has 0 bridgehead atoms. The number of methoxy groups -OCH3 is 1. The van der Waals surface area contributed by atoms with Crippen molar-refractivity contribution in [3.8, 4) is 23.1 Å². The molecule has 2 aromatic carbocycles. The molecule has 0 atom stereocenters. The summed E-state index contributed by atoms with van der Waals surface area (Å²) in [5.74, 6) is 0.851. The Balaban J connectivity index is 1.85. The van der Waals surface area contributed by atoms with Crippen LogP contribution in [0, 0.1) is 11.3 Å². The monoisotopic (exact) mass is 305 g/mol. The molecule has 4 aromatic rings. The third kappa shape index (κ3) is 1.93. The largest absolute Gasteiger partial charge is 0.497 e. The molecule has 0 fully saturated rings. The quantitative estimate of drug-likeness (QED) is 0.560. The summed E-state index contributed by atoms with van der Waals surface area (Å²) in [4.78, 5) is 5.64. The van der Waals surface area contributed by atoms with Gasteiger partial charge in [0, 0.05) is 11.8 Å². The van der Waals surface area contributed by atoms with Gasteiger partial charge in [0.05, 0.1) is 34.7 Å². The van der Waals surface area contributed by atoms with Crippen LogP contribution in [0.25, 0.3) is 26.4 Å². The van der Waals surface area contributed by atoms with Crippen molar-refractivity contribution in [1.29, 1.82) is 5.26 Å². The Morgan fingerprint density at radius 2 is 2.00 bits per heavy atom. The molecule has 0 radical (unpaired) electrons. The maximum absolute atomic E-state index is 8.86. The highest BCUT2D eigenvalue weighted by molar-refractivity contribution is 7.23. The van der Waals surface area contributed by atoms with Crippen molar-refractivity contribution in [2.24, 2.45) is 0 Å². The van der Waals surface area contributed by atoms with Gasteiger partial charge >= 0.3 is 0 Å². The van der Waals surface area contributed by atoms with E-state index in [-0.39, 0.29) is 0 Å². The van der Waals surface area contributed by atoms with Gasteiger partial charge in [0.25, 0.3) is 0 Å². The molecule has 4 rings (SSSR count). The fourth-order valence-electron chi connectivity index (χ4n) is 2.46. The molecule has 0 aliphatic heterocycles. The lowest BCUT2D eigenvalue weighted by atomic mass is 10.1. The summed E-state index contributed by atoms with van der Waals surface area (Å²) < 4.78 is 8.50. The SMILES string of the molecule is COc1ccc2c(c1)sc1nc(-c3ccc(C#N)cc3)cn12. The zero-order chi connectivity index (χ0) is 15.1. The van der Waals surface area contributed by atoms with Gasteiger partial charge in [-0.05, 0) is 30.3 Å². The molecule has 4 nitrogen and oxygen atoms in total. The molecule has 2 aromatic heterocycles. The molecule has 0 unspecified atom stereocenters. The van der Waals surface area contributed by atoms with Crippen LogP contribution in [-0.2, 0) is 0 Å². The highest BCUT2D eigenvalue weighted by atomic mass is 32.1. The highest BCUT2D eigenvalue weighted by Gasteiger charge is 2.10. The molecule has 0 N–H and O–H groups in total. The average molecular weight is 305 g/mol. The molecule has 0 saturated heterocycles. The Kier molecular flexibility index (Phi) is 2.84. The maximum Gasteiger partial charge on any atom is 0.195 e. The number of rotatable bonds is 2. The maximum atomic E-state index is 8.86. The van der Waals surface area contributed by atoms with E-state index in [1.807, 2.05) is 48.7 Å².